The number of ether oxygens (including phenoxy) is 1. The Morgan fingerprint density at radius 2 is 2.10 bits per heavy atom. The molecule has 0 aliphatic heterocycles. The van der Waals surface area contributed by atoms with E-state index in [1.165, 1.54) is 12.1 Å². The second kappa shape index (κ2) is 6.81. The van der Waals surface area contributed by atoms with Gasteiger partial charge in [0.05, 0.1) is 10.2 Å². The van der Waals surface area contributed by atoms with Crippen LogP contribution in [0.15, 0.2) is 41.0 Å². The number of nitrogens with zero attached hydrogens (tertiary/aromatic N) is 1. The normalized spacial score (nSPS) is 10.8. The zero-order chi connectivity index (χ0) is 14.5. The number of halogens is 2. The molecule has 5 heteroatoms. The lowest BCUT2D eigenvalue weighted by molar-refractivity contribution is 0.474. The highest BCUT2D eigenvalue weighted by Crippen LogP contribution is 2.30. The summed E-state index contributed by atoms with van der Waals surface area (Å²) in [5, 5.41) is 3.29. The quantitative estimate of drug-likeness (QED) is 0.883. The molecule has 3 nitrogen and oxygen atoms in total. The number of hydrogen-bond acceptors (Lipinski definition) is 3. The van der Waals surface area contributed by atoms with Gasteiger partial charge in [0, 0.05) is 24.8 Å². The van der Waals surface area contributed by atoms with Gasteiger partial charge in [-0.05, 0) is 40.2 Å². The van der Waals surface area contributed by atoms with E-state index in [9.17, 15) is 4.39 Å². The van der Waals surface area contributed by atoms with Crippen LogP contribution in [0.2, 0.25) is 0 Å². The Balaban J connectivity index is 2.11. The Kier molecular flexibility index (Phi) is 5.09. The third kappa shape index (κ3) is 4.28. The predicted octanol–water partition coefficient (Wildman–Crippen LogP) is 4.27. The van der Waals surface area contributed by atoms with E-state index in [1.54, 1.807) is 18.3 Å². The number of benzene rings is 1. The van der Waals surface area contributed by atoms with Crippen LogP contribution in [0.1, 0.15) is 19.5 Å². The van der Waals surface area contributed by atoms with Gasteiger partial charge >= 0.3 is 0 Å². The summed E-state index contributed by atoms with van der Waals surface area (Å²) in [6, 6.07) is 8.36. The van der Waals surface area contributed by atoms with Crippen molar-refractivity contribution in [2.75, 3.05) is 0 Å². The molecule has 0 aliphatic carbocycles. The lowest BCUT2D eigenvalue weighted by Crippen LogP contribution is -2.22. The van der Waals surface area contributed by atoms with Crippen molar-refractivity contribution in [3.63, 3.8) is 0 Å². The monoisotopic (exact) mass is 338 g/mol. The second-order valence-corrected chi connectivity index (χ2v) is 5.55. The molecule has 0 saturated carbocycles. The van der Waals surface area contributed by atoms with Crippen molar-refractivity contribution in [3.8, 4) is 11.5 Å². The van der Waals surface area contributed by atoms with Gasteiger partial charge in [0.2, 0.25) is 0 Å². The molecule has 0 unspecified atom stereocenters. The molecule has 1 aromatic heterocycles. The molecular weight excluding hydrogens is 323 g/mol. The predicted molar refractivity (Wildman–Crippen MR) is 80.4 cm³/mol. The summed E-state index contributed by atoms with van der Waals surface area (Å²) < 4.78 is 19.3. The van der Waals surface area contributed by atoms with Crippen LogP contribution >= 0.6 is 15.9 Å². The summed E-state index contributed by atoms with van der Waals surface area (Å²) >= 11 is 3.28. The van der Waals surface area contributed by atoms with Gasteiger partial charge in [0.1, 0.15) is 17.3 Å². The van der Waals surface area contributed by atoms with E-state index in [2.05, 4.69) is 40.1 Å². The first-order valence-electron chi connectivity index (χ1n) is 6.36. The number of rotatable bonds is 5. The molecule has 1 aromatic carbocycles. The van der Waals surface area contributed by atoms with Gasteiger partial charge in [0.15, 0.2) is 0 Å². The molecule has 0 atom stereocenters. The van der Waals surface area contributed by atoms with Crippen LogP contribution in [0.25, 0.3) is 0 Å². The Hall–Kier alpha value is -1.46. The van der Waals surface area contributed by atoms with Crippen LogP contribution < -0.4 is 10.1 Å². The summed E-state index contributed by atoms with van der Waals surface area (Å²) in [6.45, 7) is 4.84. The molecule has 0 radical (unpaired) electrons. The highest BCUT2D eigenvalue weighted by atomic mass is 79.9. The number of nitrogens with one attached hydrogen (secondary N) is 1. The smallest absolute Gasteiger partial charge is 0.141 e. The highest BCUT2D eigenvalue weighted by Gasteiger charge is 2.05. The fourth-order valence-corrected chi connectivity index (χ4v) is 2.04. The maximum absolute atomic E-state index is 13.0. The number of pyridine rings is 1. The SMILES string of the molecule is CC(C)NCc1cc(Oc2ccc(F)cc2Br)ccn1. The van der Waals surface area contributed by atoms with E-state index in [1.807, 2.05) is 6.07 Å². The third-order valence-electron chi connectivity index (χ3n) is 2.60. The molecule has 1 heterocycles. The zero-order valence-electron chi connectivity index (χ0n) is 11.4. The molecule has 2 aromatic rings. The average molecular weight is 339 g/mol. The van der Waals surface area contributed by atoms with Crippen molar-refractivity contribution in [1.29, 1.82) is 0 Å². The first-order valence-corrected chi connectivity index (χ1v) is 7.15. The fraction of sp³-hybridized carbons (Fsp3) is 0.267. The van der Waals surface area contributed by atoms with Crippen LogP contribution in [0.4, 0.5) is 4.39 Å². The molecule has 20 heavy (non-hydrogen) atoms. The molecule has 0 fully saturated rings. The average Bonchev–Trinajstić information content (AvgIpc) is 2.40. The molecule has 0 amide bonds. The minimum absolute atomic E-state index is 0.305. The highest BCUT2D eigenvalue weighted by molar-refractivity contribution is 9.10. The molecule has 106 valence electrons. The largest absolute Gasteiger partial charge is 0.456 e. The standard InChI is InChI=1S/C15H16BrFN2O/c1-10(2)19-9-12-8-13(5-6-18-12)20-15-4-3-11(17)7-14(15)16/h3-8,10,19H,9H2,1-2H3. The summed E-state index contributed by atoms with van der Waals surface area (Å²) in [5.74, 6) is 0.939. The molecule has 0 bridgehead atoms. The zero-order valence-corrected chi connectivity index (χ0v) is 12.9. The minimum Gasteiger partial charge on any atom is -0.456 e. The maximum atomic E-state index is 13.0. The topological polar surface area (TPSA) is 34.1 Å². The lowest BCUT2D eigenvalue weighted by atomic mass is 10.3. The van der Waals surface area contributed by atoms with Gasteiger partial charge in [-0.1, -0.05) is 13.8 Å². The van der Waals surface area contributed by atoms with E-state index in [0.717, 1.165) is 5.69 Å². The number of hydrogen-bond donors (Lipinski definition) is 1. The Bertz CT molecular complexity index is 590. The van der Waals surface area contributed by atoms with E-state index in [4.69, 9.17) is 4.74 Å². The van der Waals surface area contributed by atoms with Gasteiger partial charge in [-0.2, -0.15) is 0 Å². The Morgan fingerprint density at radius 1 is 1.30 bits per heavy atom. The van der Waals surface area contributed by atoms with Crippen molar-refractivity contribution < 1.29 is 9.13 Å². The Labute approximate surface area is 126 Å². The fourth-order valence-electron chi connectivity index (χ4n) is 1.61. The van der Waals surface area contributed by atoms with E-state index >= 15 is 0 Å². The number of aromatic nitrogens is 1. The molecule has 1 N–H and O–H groups in total. The molecule has 0 saturated heterocycles. The van der Waals surface area contributed by atoms with Gasteiger partial charge in [0.25, 0.3) is 0 Å². The van der Waals surface area contributed by atoms with Crippen molar-refractivity contribution >= 4 is 15.9 Å². The van der Waals surface area contributed by atoms with E-state index in [-0.39, 0.29) is 5.82 Å². The minimum atomic E-state index is -0.305. The van der Waals surface area contributed by atoms with Crippen LogP contribution in [0.5, 0.6) is 11.5 Å². The third-order valence-corrected chi connectivity index (χ3v) is 3.22. The van der Waals surface area contributed by atoms with Gasteiger partial charge in [-0.3, -0.25) is 4.98 Å². The van der Waals surface area contributed by atoms with E-state index in [0.29, 0.717) is 28.6 Å². The summed E-state index contributed by atoms with van der Waals surface area (Å²) in [4.78, 5) is 4.28. The van der Waals surface area contributed by atoms with Crippen LogP contribution in [-0.2, 0) is 6.54 Å². The van der Waals surface area contributed by atoms with Crippen molar-refractivity contribution in [3.05, 3.63) is 52.5 Å². The summed E-state index contributed by atoms with van der Waals surface area (Å²) in [6.07, 6.45) is 1.70. The van der Waals surface area contributed by atoms with Crippen LogP contribution in [-0.4, -0.2) is 11.0 Å². The first-order chi connectivity index (χ1) is 9.54. The lowest BCUT2D eigenvalue weighted by Gasteiger charge is -2.10. The maximum Gasteiger partial charge on any atom is 0.141 e. The molecule has 0 spiro atoms. The van der Waals surface area contributed by atoms with E-state index < -0.39 is 0 Å². The van der Waals surface area contributed by atoms with Gasteiger partial charge in [-0.15, -0.1) is 0 Å². The van der Waals surface area contributed by atoms with Crippen molar-refractivity contribution in [2.24, 2.45) is 0 Å². The Morgan fingerprint density at radius 3 is 2.80 bits per heavy atom. The summed E-state index contributed by atoms with van der Waals surface area (Å²) in [7, 11) is 0. The molecule has 0 aliphatic rings. The summed E-state index contributed by atoms with van der Waals surface area (Å²) in [5.41, 5.74) is 0.898. The molecular formula is C15H16BrFN2O. The van der Waals surface area contributed by atoms with Crippen molar-refractivity contribution in [1.82, 2.24) is 10.3 Å². The van der Waals surface area contributed by atoms with Gasteiger partial charge < -0.3 is 10.1 Å². The van der Waals surface area contributed by atoms with Crippen LogP contribution in [0.3, 0.4) is 0 Å². The van der Waals surface area contributed by atoms with Crippen LogP contribution in [0, 0.1) is 5.82 Å². The second-order valence-electron chi connectivity index (χ2n) is 4.70. The van der Waals surface area contributed by atoms with Gasteiger partial charge in [-0.25, -0.2) is 4.39 Å². The first kappa shape index (κ1) is 14.9. The molecule has 2 rings (SSSR count). The van der Waals surface area contributed by atoms with Crippen molar-refractivity contribution in [2.45, 2.75) is 26.4 Å².